The third kappa shape index (κ3) is 41.1. The van der Waals surface area contributed by atoms with Crippen LogP contribution in [0.15, 0.2) is 24.3 Å². The third-order valence-electron chi connectivity index (χ3n) is 10.1. The molecule has 0 aliphatic heterocycles. The molecule has 58 heavy (non-hydrogen) atoms. The van der Waals surface area contributed by atoms with Crippen molar-refractivity contribution in [2.45, 2.75) is 242 Å². The first kappa shape index (κ1) is 88.8. The monoisotopic (exact) mass is 879 g/mol. The van der Waals surface area contributed by atoms with Gasteiger partial charge in [-0.05, 0) is 167 Å². The fourth-order valence-corrected chi connectivity index (χ4v) is 9.54. The van der Waals surface area contributed by atoms with E-state index < -0.39 is 0 Å². The highest BCUT2D eigenvalue weighted by molar-refractivity contribution is 7.38. The van der Waals surface area contributed by atoms with Crippen molar-refractivity contribution >= 4 is 25.7 Å². The maximum atomic E-state index is 2.42. The second-order valence-electron chi connectivity index (χ2n) is 14.4. The smallest absolute Gasteiger partial charge is 0.0273 e. The van der Waals surface area contributed by atoms with E-state index in [9.17, 15) is 0 Å². The molecule has 1 aliphatic carbocycles. The van der Waals surface area contributed by atoms with Crippen molar-refractivity contribution in [1.82, 2.24) is 0 Å². The zero-order valence-corrected chi connectivity index (χ0v) is 35.4. The summed E-state index contributed by atoms with van der Waals surface area (Å²) < 4.78 is 0. The Morgan fingerprint density at radius 3 is 1.26 bits per heavy atom. The molecular weight excluding hydrogens is 754 g/mol. The zero-order valence-electron chi connectivity index (χ0n) is 32.4. The van der Waals surface area contributed by atoms with Gasteiger partial charge in [-0.1, -0.05) is 192 Å². The summed E-state index contributed by atoms with van der Waals surface area (Å²) in [6.45, 7) is 22.7. The van der Waals surface area contributed by atoms with E-state index in [4.69, 9.17) is 0 Å². The van der Waals surface area contributed by atoms with E-state index in [1.54, 1.807) is 11.1 Å². The molecular formula is C55H125P3. The summed E-state index contributed by atoms with van der Waals surface area (Å²) in [4.78, 5) is 0. The molecule has 0 saturated heterocycles. The van der Waals surface area contributed by atoms with E-state index >= 15 is 0 Å². The van der Waals surface area contributed by atoms with Crippen LogP contribution in [-0.4, -0.2) is 37.0 Å². The van der Waals surface area contributed by atoms with Crippen molar-refractivity contribution in [3.63, 3.8) is 0 Å². The van der Waals surface area contributed by atoms with Crippen LogP contribution in [0, 0.1) is 53.4 Å². The Labute approximate surface area is 383 Å². The Morgan fingerprint density at radius 1 is 0.431 bits per heavy atom. The van der Waals surface area contributed by atoms with Crippen molar-refractivity contribution in [2.75, 3.05) is 37.0 Å². The van der Waals surface area contributed by atoms with Gasteiger partial charge in [0, 0.05) is 0 Å². The molecule has 0 N–H and O–H groups in total. The average Bonchev–Trinajstić information content (AvgIpc) is 3.04. The van der Waals surface area contributed by atoms with Crippen LogP contribution >= 0.6 is 25.7 Å². The predicted molar refractivity (Wildman–Crippen MR) is 304 cm³/mol. The molecule has 0 amide bonds. The van der Waals surface area contributed by atoms with Gasteiger partial charge in [0.15, 0.2) is 0 Å². The second kappa shape index (κ2) is 56.7. The number of aryl methyl sites for hydroxylation is 6. The topological polar surface area (TPSA) is 0 Å². The van der Waals surface area contributed by atoms with Crippen LogP contribution in [0.1, 0.15) is 232 Å². The summed E-state index contributed by atoms with van der Waals surface area (Å²) in [6, 6.07) is 9.30. The van der Waals surface area contributed by atoms with Gasteiger partial charge in [-0.25, -0.2) is 0 Å². The van der Waals surface area contributed by atoms with Crippen molar-refractivity contribution < 1.29 is 0 Å². The zero-order chi connectivity index (χ0) is 34.2. The molecule has 0 bridgehead atoms. The quantitative estimate of drug-likeness (QED) is 0.103. The van der Waals surface area contributed by atoms with Gasteiger partial charge in [0.1, 0.15) is 0 Å². The summed E-state index contributed by atoms with van der Waals surface area (Å²) >= 11 is 0. The summed E-state index contributed by atoms with van der Waals surface area (Å²) in [7, 11) is 3.60. The van der Waals surface area contributed by atoms with E-state index in [1.165, 1.54) is 180 Å². The van der Waals surface area contributed by atoms with Gasteiger partial charge in [-0.15, -0.1) is 25.7 Å². The largest absolute Gasteiger partial charge is 0.122 e. The minimum Gasteiger partial charge on any atom is -0.122 e. The SMILES string of the molecule is C.C.C.C.C.C.C.C.C.C.C.C.CCCPCCCC1CCC(C)CC1.CCCPCCCc1cc(C)c(C)cc1C.CCCPCCCc1ccc(C)c(C)c1C. The normalized spacial score (nSPS) is 13.3. The molecule has 0 radical (unpaired) electrons. The Kier molecular flexibility index (Phi) is 86.9. The fraction of sp³-hybridized carbons (Fsp3) is 0.782. The maximum absolute atomic E-state index is 2.42. The second-order valence-corrected chi connectivity index (χ2v) is 18.9. The Morgan fingerprint density at radius 2 is 0.828 bits per heavy atom. The molecule has 2 aromatic rings. The van der Waals surface area contributed by atoms with Crippen molar-refractivity contribution in [2.24, 2.45) is 11.8 Å². The highest BCUT2D eigenvalue weighted by Crippen LogP contribution is 2.32. The van der Waals surface area contributed by atoms with Gasteiger partial charge >= 0.3 is 0 Å². The van der Waals surface area contributed by atoms with Gasteiger partial charge in [0.2, 0.25) is 0 Å². The molecule has 1 aliphatic rings. The molecule has 1 saturated carbocycles. The lowest BCUT2D eigenvalue weighted by Gasteiger charge is -2.25. The molecule has 360 valence electrons. The summed E-state index contributed by atoms with van der Waals surface area (Å²) in [5, 5.41) is 0. The van der Waals surface area contributed by atoms with Crippen LogP contribution in [0.2, 0.25) is 0 Å². The van der Waals surface area contributed by atoms with Crippen LogP contribution in [0.5, 0.6) is 0 Å². The average molecular weight is 880 g/mol. The number of rotatable bonds is 18. The highest BCUT2D eigenvalue weighted by atomic mass is 31.1. The lowest BCUT2D eigenvalue weighted by atomic mass is 9.81. The Bertz CT molecular complexity index is 1020. The van der Waals surface area contributed by atoms with Gasteiger partial charge in [0.05, 0.1) is 0 Å². The Balaban J connectivity index is -0.0000000497. The number of hydrogen-bond donors (Lipinski definition) is 0. The van der Waals surface area contributed by atoms with Crippen LogP contribution in [0.4, 0.5) is 0 Å². The minimum absolute atomic E-state index is 0. The van der Waals surface area contributed by atoms with Crippen LogP contribution in [-0.2, 0) is 12.8 Å². The van der Waals surface area contributed by atoms with Gasteiger partial charge < -0.3 is 0 Å². The number of benzene rings is 2. The highest BCUT2D eigenvalue weighted by Gasteiger charge is 2.17. The number of hydrogen-bond acceptors (Lipinski definition) is 0. The standard InChI is InChI=1S/2C15H25P.C13H27P.12CH4/c1-5-10-16-11-6-7-15-9-8-12(2)13(3)14(15)4;1-5-8-16-9-6-7-15-11-13(3)12(2)10-14(15)4;1-3-10-14-11-4-5-13-8-6-12(2)7-9-13;;;;;;;;;;;;/h8-9,16H,5-7,10-11H2,1-4H3;10-11,16H,5-9H2,1-4H3;12-14H,3-11H2,1-2H3;12*1H4. The predicted octanol–water partition coefficient (Wildman–Crippen LogP) is 21.6. The van der Waals surface area contributed by atoms with E-state index in [2.05, 4.69) is 93.5 Å². The third-order valence-corrected chi connectivity index (χ3v) is 14.8. The van der Waals surface area contributed by atoms with Crippen molar-refractivity contribution in [3.05, 3.63) is 68.8 Å². The van der Waals surface area contributed by atoms with Crippen molar-refractivity contribution in [1.29, 1.82) is 0 Å². The van der Waals surface area contributed by atoms with Crippen LogP contribution < -0.4 is 0 Å². The first-order valence-corrected chi connectivity index (χ1v) is 23.6. The molecule has 0 heterocycles. The lowest BCUT2D eigenvalue weighted by Crippen LogP contribution is -2.12. The minimum atomic E-state index is 0. The lowest BCUT2D eigenvalue weighted by molar-refractivity contribution is 0.276. The summed E-state index contributed by atoms with van der Waals surface area (Å²) in [6.07, 6.45) is 27.1. The van der Waals surface area contributed by atoms with Gasteiger partial charge in [-0.3, -0.25) is 0 Å². The van der Waals surface area contributed by atoms with E-state index in [1.807, 2.05) is 0 Å². The van der Waals surface area contributed by atoms with Gasteiger partial charge in [-0.2, -0.15) is 0 Å². The van der Waals surface area contributed by atoms with E-state index in [0.717, 1.165) is 11.8 Å². The first-order valence-electron chi connectivity index (χ1n) is 19.4. The Hall–Kier alpha value is -0.270. The van der Waals surface area contributed by atoms with Crippen LogP contribution in [0.25, 0.3) is 0 Å². The summed E-state index contributed by atoms with van der Waals surface area (Å²) in [5.74, 6) is 2.12. The molecule has 0 nitrogen and oxygen atoms in total. The van der Waals surface area contributed by atoms with E-state index in [-0.39, 0.29) is 89.1 Å². The molecule has 0 aromatic heterocycles. The molecule has 2 aromatic carbocycles. The first-order chi connectivity index (χ1) is 22.1. The van der Waals surface area contributed by atoms with Gasteiger partial charge in [0.25, 0.3) is 0 Å². The molecule has 3 unspecified atom stereocenters. The van der Waals surface area contributed by atoms with Crippen LogP contribution in [0.3, 0.4) is 0 Å². The van der Waals surface area contributed by atoms with Crippen molar-refractivity contribution in [3.8, 4) is 0 Å². The van der Waals surface area contributed by atoms with E-state index in [0.29, 0.717) is 0 Å². The fourth-order valence-electron chi connectivity index (χ4n) is 6.42. The molecule has 3 atom stereocenters. The molecule has 0 spiro atoms. The molecule has 1 fully saturated rings. The molecule has 3 rings (SSSR count). The maximum Gasteiger partial charge on any atom is -0.0273 e. The summed E-state index contributed by atoms with van der Waals surface area (Å²) in [5.41, 5.74) is 11.9. The molecule has 3 heteroatoms.